The maximum atomic E-state index is 12.1. The van der Waals surface area contributed by atoms with Crippen molar-refractivity contribution in [2.75, 3.05) is 0 Å². The Hall–Kier alpha value is -1.57. The van der Waals surface area contributed by atoms with Crippen molar-refractivity contribution in [3.8, 4) is 0 Å². The van der Waals surface area contributed by atoms with Gasteiger partial charge in [-0.25, -0.2) is 0 Å². The van der Waals surface area contributed by atoms with Crippen molar-refractivity contribution in [1.29, 1.82) is 0 Å². The predicted molar refractivity (Wildman–Crippen MR) is 74.4 cm³/mol. The molecular weight excluding hydrogens is 304 g/mol. The molecule has 0 aliphatic rings. The Bertz CT molecular complexity index is 490. The summed E-state index contributed by atoms with van der Waals surface area (Å²) in [7, 11) is 0. The van der Waals surface area contributed by atoms with Crippen molar-refractivity contribution in [2.24, 2.45) is 5.92 Å². The predicted octanol–water partition coefficient (Wildman–Crippen LogP) is 2.96. The monoisotopic (exact) mass is 321 g/mol. The maximum Gasteiger partial charge on any atom is 0.305 e. The number of amides is 1. The van der Waals surface area contributed by atoms with Crippen LogP contribution < -0.4 is 5.32 Å². The summed E-state index contributed by atoms with van der Waals surface area (Å²) in [6.45, 7) is 3.58. The van der Waals surface area contributed by atoms with E-state index in [2.05, 4.69) is 5.32 Å². The number of hydrogen-bond donors (Lipinski definition) is 2. The topological polar surface area (TPSA) is 79.5 Å². The number of halogens is 2. The third-order valence-corrected chi connectivity index (χ3v) is 3.46. The van der Waals surface area contributed by atoms with Gasteiger partial charge in [0, 0.05) is 6.04 Å². The van der Waals surface area contributed by atoms with Crippen molar-refractivity contribution < 1.29 is 27.9 Å². The Morgan fingerprint density at radius 2 is 2.05 bits per heavy atom. The van der Waals surface area contributed by atoms with E-state index < -0.39 is 23.7 Å². The summed E-state index contributed by atoms with van der Waals surface area (Å²) >= 11 is 0.400. The third kappa shape index (κ3) is 6.16. The molecule has 1 rings (SSSR count). The zero-order chi connectivity index (χ0) is 16.0. The average molecular weight is 321 g/mol. The number of carboxylic acids is 1. The van der Waals surface area contributed by atoms with Crippen molar-refractivity contribution in [3.63, 3.8) is 0 Å². The number of thioether (sulfide) groups is 1. The molecule has 5 nitrogen and oxygen atoms in total. The van der Waals surface area contributed by atoms with E-state index >= 15 is 0 Å². The molecule has 0 aromatic carbocycles. The van der Waals surface area contributed by atoms with Crippen LogP contribution in [-0.4, -0.2) is 28.8 Å². The van der Waals surface area contributed by atoms with Crippen LogP contribution in [0.3, 0.4) is 0 Å². The van der Waals surface area contributed by atoms with E-state index in [0.717, 1.165) is 0 Å². The molecule has 0 bridgehead atoms. The molecule has 0 spiro atoms. The van der Waals surface area contributed by atoms with Gasteiger partial charge in [0.05, 0.1) is 12.2 Å². The second kappa shape index (κ2) is 8.02. The number of rotatable bonds is 8. The van der Waals surface area contributed by atoms with E-state index in [1.165, 1.54) is 12.1 Å². The second-order valence-corrected chi connectivity index (χ2v) is 5.74. The Morgan fingerprint density at radius 1 is 1.38 bits per heavy atom. The quantitative estimate of drug-likeness (QED) is 0.769. The molecule has 0 saturated carbocycles. The first kappa shape index (κ1) is 17.5. The van der Waals surface area contributed by atoms with Crippen LogP contribution in [0.25, 0.3) is 0 Å². The normalized spacial score (nSPS) is 12.7. The summed E-state index contributed by atoms with van der Waals surface area (Å²) in [4.78, 5) is 22.7. The Labute approximate surface area is 125 Å². The number of carbonyl (C=O) groups is 2. The molecule has 118 valence electrons. The summed E-state index contributed by atoms with van der Waals surface area (Å²) in [5.41, 5.74) is 0. The molecule has 1 atom stereocenters. The van der Waals surface area contributed by atoms with Crippen LogP contribution >= 0.6 is 11.8 Å². The zero-order valence-electron chi connectivity index (χ0n) is 11.6. The highest BCUT2D eigenvalue weighted by molar-refractivity contribution is 7.98. The maximum absolute atomic E-state index is 12.1. The SMILES string of the molecule is CC(C)C(CC(=O)O)NC(=O)c1ccc(CSC(F)F)o1. The molecular formula is C13H17F2NO4S. The third-order valence-electron chi connectivity index (χ3n) is 2.75. The molecule has 0 radical (unpaired) electrons. The van der Waals surface area contributed by atoms with Crippen LogP contribution in [0.15, 0.2) is 16.5 Å². The largest absolute Gasteiger partial charge is 0.481 e. The van der Waals surface area contributed by atoms with Gasteiger partial charge in [-0.1, -0.05) is 25.6 Å². The molecule has 1 unspecified atom stereocenters. The van der Waals surface area contributed by atoms with E-state index in [1.54, 1.807) is 13.8 Å². The number of carboxylic acid groups (broad SMARTS) is 1. The van der Waals surface area contributed by atoms with E-state index in [-0.39, 0.29) is 29.6 Å². The smallest absolute Gasteiger partial charge is 0.305 e. The summed E-state index contributed by atoms with van der Waals surface area (Å²) in [6, 6.07) is 2.31. The number of alkyl halides is 2. The van der Waals surface area contributed by atoms with Crippen LogP contribution in [0.5, 0.6) is 0 Å². The second-order valence-electron chi connectivity index (χ2n) is 4.76. The number of nitrogens with one attached hydrogen (secondary N) is 1. The summed E-state index contributed by atoms with van der Waals surface area (Å²) in [5, 5.41) is 11.4. The molecule has 8 heteroatoms. The summed E-state index contributed by atoms with van der Waals surface area (Å²) in [6.07, 6.45) is -0.196. The molecule has 0 fully saturated rings. The lowest BCUT2D eigenvalue weighted by atomic mass is 10.0. The first-order valence-electron chi connectivity index (χ1n) is 6.30. The molecule has 1 aromatic heterocycles. The fraction of sp³-hybridized carbons (Fsp3) is 0.538. The number of hydrogen-bond acceptors (Lipinski definition) is 4. The average Bonchev–Trinajstić information content (AvgIpc) is 2.83. The first-order valence-corrected chi connectivity index (χ1v) is 7.35. The molecule has 0 aliphatic carbocycles. The molecule has 0 aliphatic heterocycles. The van der Waals surface area contributed by atoms with Gasteiger partial charge in [-0.2, -0.15) is 8.78 Å². The molecule has 1 amide bonds. The van der Waals surface area contributed by atoms with E-state index in [1.807, 2.05) is 0 Å². The highest BCUT2D eigenvalue weighted by Crippen LogP contribution is 2.21. The van der Waals surface area contributed by atoms with Gasteiger partial charge in [-0.3, -0.25) is 9.59 Å². The van der Waals surface area contributed by atoms with Gasteiger partial charge < -0.3 is 14.8 Å². The number of carbonyl (C=O) groups excluding carboxylic acids is 1. The summed E-state index contributed by atoms with van der Waals surface area (Å²) in [5.74, 6) is -3.92. The van der Waals surface area contributed by atoms with Crippen molar-refractivity contribution in [3.05, 3.63) is 23.7 Å². The lowest BCUT2D eigenvalue weighted by Crippen LogP contribution is -2.39. The van der Waals surface area contributed by atoms with Gasteiger partial charge in [0.2, 0.25) is 0 Å². The minimum atomic E-state index is -2.51. The van der Waals surface area contributed by atoms with E-state index in [9.17, 15) is 18.4 Å². The molecule has 2 N–H and O–H groups in total. The fourth-order valence-electron chi connectivity index (χ4n) is 1.60. The Kier molecular flexibility index (Phi) is 6.67. The Morgan fingerprint density at radius 3 is 2.57 bits per heavy atom. The standard InChI is InChI=1S/C13H17F2NO4S/c1-7(2)9(5-11(17)18)16-12(19)10-4-3-8(20-10)6-21-13(14)15/h3-4,7,9,13H,5-6H2,1-2H3,(H,16,19)(H,17,18). The number of furan rings is 1. The van der Waals surface area contributed by atoms with E-state index in [4.69, 9.17) is 9.52 Å². The van der Waals surface area contributed by atoms with Gasteiger partial charge >= 0.3 is 5.97 Å². The van der Waals surface area contributed by atoms with Gasteiger partial charge in [0.25, 0.3) is 11.7 Å². The fourth-order valence-corrected chi connectivity index (χ4v) is 2.05. The number of aliphatic carboxylic acids is 1. The first-order chi connectivity index (χ1) is 9.79. The van der Waals surface area contributed by atoms with Crippen LogP contribution in [0.2, 0.25) is 0 Å². The van der Waals surface area contributed by atoms with Gasteiger partial charge in [0.1, 0.15) is 5.76 Å². The van der Waals surface area contributed by atoms with Gasteiger partial charge in [0.15, 0.2) is 5.76 Å². The van der Waals surface area contributed by atoms with Crippen LogP contribution in [0, 0.1) is 5.92 Å². The molecule has 1 aromatic rings. The minimum Gasteiger partial charge on any atom is -0.481 e. The van der Waals surface area contributed by atoms with Crippen LogP contribution in [0.1, 0.15) is 36.6 Å². The minimum absolute atomic E-state index is 0.0177. The molecule has 0 saturated heterocycles. The van der Waals surface area contributed by atoms with Crippen LogP contribution in [0.4, 0.5) is 8.78 Å². The Balaban J connectivity index is 2.63. The van der Waals surface area contributed by atoms with Crippen molar-refractivity contribution in [1.82, 2.24) is 5.32 Å². The van der Waals surface area contributed by atoms with Crippen molar-refractivity contribution in [2.45, 2.75) is 37.8 Å². The summed E-state index contributed by atoms with van der Waals surface area (Å²) < 4.78 is 29.3. The van der Waals surface area contributed by atoms with Gasteiger partial charge in [-0.05, 0) is 18.1 Å². The highest BCUT2D eigenvalue weighted by Gasteiger charge is 2.21. The lowest BCUT2D eigenvalue weighted by Gasteiger charge is -2.19. The van der Waals surface area contributed by atoms with Crippen molar-refractivity contribution >= 4 is 23.6 Å². The zero-order valence-corrected chi connectivity index (χ0v) is 12.5. The lowest BCUT2D eigenvalue weighted by molar-refractivity contribution is -0.137. The molecule has 1 heterocycles. The van der Waals surface area contributed by atoms with Crippen LogP contribution in [-0.2, 0) is 10.5 Å². The highest BCUT2D eigenvalue weighted by atomic mass is 32.2. The van der Waals surface area contributed by atoms with E-state index in [0.29, 0.717) is 11.8 Å². The van der Waals surface area contributed by atoms with Gasteiger partial charge in [-0.15, -0.1) is 0 Å². The molecule has 21 heavy (non-hydrogen) atoms.